The maximum Gasteiger partial charge on any atom is 0.248 e. The third-order valence-electron chi connectivity index (χ3n) is 2.88. The zero-order valence-corrected chi connectivity index (χ0v) is 10.8. The zero-order chi connectivity index (χ0) is 14.5. The summed E-state index contributed by atoms with van der Waals surface area (Å²) >= 11 is 0. The number of nitrogen functional groups attached to an aromatic ring is 1. The molecule has 2 aromatic rings. The second-order valence-corrected chi connectivity index (χ2v) is 4.33. The van der Waals surface area contributed by atoms with Gasteiger partial charge in [-0.15, -0.1) is 0 Å². The summed E-state index contributed by atoms with van der Waals surface area (Å²) in [5.41, 5.74) is 14.2. The van der Waals surface area contributed by atoms with Crippen molar-refractivity contribution >= 4 is 17.3 Å². The molecule has 5 nitrogen and oxygen atoms in total. The van der Waals surface area contributed by atoms with Crippen molar-refractivity contribution in [2.75, 3.05) is 11.1 Å². The van der Waals surface area contributed by atoms with Gasteiger partial charge >= 0.3 is 0 Å². The first-order valence-electron chi connectivity index (χ1n) is 6.02. The Morgan fingerprint density at radius 1 is 1.25 bits per heavy atom. The van der Waals surface area contributed by atoms with Crippen LogP contribution in [0.2, 0.25) is 0 Å². The monoisotopic (exact) mass is 266 g/mol. The molecule has 0 saturated heterocycles. The van der Waals surface area contributed by atoms with Crippen LogP contribution in [0.1, 0.15) is 21.5 Å². The highest BCUT2D eigenvalue weighted by molar-refractivity contribution is 5.94. The molecule has 5 heteroatoms. The summed E-state index contributed by atoms with van der Waals surface area (Å²) in [6, 6.07) is 14.3. The van der Waals surface area contributed by atoms with Crippen LogP contribution in [0.25, 0.3) is 0 Å². The van der Waals surface area contributed by atoms with Gasteiger partial charge in [-0.1, -0.05) is 12.1 Å². The van der Waals surface area contributed by atoms with Crippen LogP contribution >= 0.6 is 0 Å². The van der Waals surface area contributed by atoms with Crippen LogP contribution in [0.3, 0.4) is 0 Å². The van der Waals surface area contributed by atoms with Crippen molar-refractivity contribution < 1.29 is 4.79 Å². The van der Waals surface area contributed by atoms with Gasteiger partial charge in [-0.3, -0.25) is 4.79 Å². The molecular weight excluding hydrogens is 252 g/mol. The summed E-state index contributed by atoms with van der Waals surface area (Å²) in [6.45, 7) is 0.537. The normalized spacial score (nSPS) is 9.75. The van der Waals surface area contributed by atoms with E-state index in [1.807, 2.05) is 12.1 Å². The summed E-state index contributed by atoms with van der Waals surface area (Å²) in [6.07, 6.45) is 0. The first-order valence-corrected chi connectivity index (χ1v) is 6.02. The number of anilines is 2. The molecule has 0 radical (unpaired) electrons. The molecule has 0 aliphatic heterocycles. The second kappa shape index (κ2) is 5.76. The van der Waals surface area contributed by atoms with Gasteiger partial charge < -0.3 is 16.8 Å². The van der Waals surface area contributed by atoms with E-state index in [0.717, 1.165) is 11.3 Å². The van der Waals surface area contributed by atoms with Crippen molar-refractivity contribution in [1.29, 1.82) is 5.26 Å². The van der Waals surface area contributed by atoms with Gasteiger partial charge in [0.2, 0.25) is 5.91 Å². The summed E-state index contributed by atoms with van der Waals surface area (Å²) in [5, 5.41) is 12.0. The molecule has 0 atom stereocenters. The summed E-state index contributed by atoms with van der Waals surface area (Å²) in [4.78, 5) is 11.0. The number of carbonyl (C=O) groups is 1. The Morgan fingerprint density at radius 2 is 2.05 bits per heavy atom. The third kappa shape index (κ3) is 3.06. The summed E-state index contributed by atoms with van der Waals surface area (Å²) < 4.78 is 0. The second-order valence-electron chi connectivity index (χ2n) is 4.33. The molecule has 1 amide bonds. The molecule has 0 heterocycles. The number of nitrogens with two attached hydrogens (primary N) is 2. The Kier molecular flexibility index (Phi) is 3.87. The number of amides is 1. The van der Waals surface area contributed by atoms with E-state index < -0.39 is 5.91 Å². The number of primary amides is 1. The van der Waals surface area contributed by atoms with Gasteiger partial charge in [0.05, 0.1) is 23.0 Å². The molecular formula is C15H14N4O. The largest absolute Gasteiger partial charge is 0.397 e. The van der Waals surface area contributed by atoms with E-state index in [9.17, 15) is 4.79 Å². The average molecular weight is 266 g/mol. The topological polar surface area (TPSA) is 105 Å². The first-order chi connectivity index (χ1) is 9.60. The first kappa shape index (κ1) is 13.4. The molecule has 0 aromatic heterocycles. The van der Waals surface area contributed by atoms with Crippen LogP contribution in [0.15, 0.2) is 42.5 Å². The average Bonchev–Trinajstić information content (AvgIpc) is 2.46. The highest BCUT2D eigenvalue weighted by Gasteiger charge is 2.04. The Labute approximate surface area is 116 Å². The lowest BCUT2D eigenvalue weighted by Gasteiger charge is -2.10. The molecule has 2 rings (SSSR count). The Morgan fingerprint density at radius 3 is 2.70 bits per heavy atom. The van der Waals surface area contributed by atoms with Crippen molar-refractivity contribution in [3.63, 3.8) is 0 Å². The molecule has 5 N–H and O–H groups in total. The van der Waals surface area contributed by atoms with Crippen LogP contribution in [0.4, 0.5) is 11.4 Å². The van der Waals surface area contributed by atoms with E-state index in [1.54, 1.807) is 24.3 Å². The van der Waals surface area contributed by atoms with Crippen LogP contribution in [0.5, 0.6) is 0 Å². The number of rotatable bonds is 4. The maximum atomic E-state index is 11.0. The van der Waals surface area contributed by atoms with Crippen LogP contribution in [-0.2, 0) is 6.54 Å². The minimum Gasteiger partial charge on any atom is -0.397 e. The fourth-order valence-electron chi connectivity index (χ4n) is 1.83. The minimum atomic E-state index is -0.509. The van der Waals surface area contributed by atoms with Crippen LogP contribution < -0.4 is 16.8 Å². The molecule has 0 aliphatic carbocycles. The van der Waals surface area contributed by atoms with E-state index in [-0.39, 0.29) is 0 Å². The highest BCUT2D eigenvalue weighted by atomic mass is 16.1. The third-order valence-corrected chi connectivity index (χ3v) is 2.88. The van der Waals surface area contributed by atoms with Gasteiger partial charge in [0, 0.05) is 12.1 Å². The van der Waals surface area contributed by atoms with Gasteiger partial charge in [-0.25, -0.2) is 0 Å². The molecule has 100 valence electrons. The number of carbonyl (C=O) groups excluding carboxylic acids is 1. The standard InChI is InChI=1S/C15H14N4O/c16-8-10-2-1-3-11(6-10)9-19-14-5-4-12(15(18)20)7-13(14)17/h1-7,19H,9,17H2,(H2,18,20). The zero-order valence-electron chi connectivity index (χ0n) is 10.8. The number of nitrogens with one attached hydrogen (secondary N) is 1. The lowest BCUT2D eigenvalue weighted by atomic mass is 10.1. The predicted molar refractivity (Wildman–Crippen MR) is 77.9 cm³/mol. The number of hydrogen-bond acceptors (Lipinski definition) is 4. The fourth-order valence-corrected chi connectivity index (χ4v) is 1.83. The van der Waals surface area contributed by atoms with Gasteiger partial charge in [-0.2, -0.15) is 5.26 Å². The maximum absolute atomic E-state index is 11.0. The van der Waals surface area contributed by atoms with Crippen molar-refractivity contribution in [2.45, 2.75) is 6.54 Å². The Hall–Kier alpha value is -3.00. The molecule has 20 heavy (non-hydrogen) atoms. The predicted octanol–water partition coefficient (Wildman–Crippen LogP) is 1.85. The lowest BCUT2D eigenvalue weighted by Crippen LogP contribution is -2.12. The van der Waals surface area contributed by atoms with Gasteiger partial charge in [0.1, 0.15) is 0 Å². The molecule has 0 saturated carbocycles. The number of hydrogen-bond donors (Lipinski definition) is 3. The summed E-state index contributed by atoms with van der Waals surface area (Å²) in [5.74, 6) is -0.509. The van der Waals surface area contributed by atoms with E-state index in [0.29, 0.717) is 23.4 Å². The smallest absolute Gasteiger partial charge is 0.248 e. The minimum absolute atomic E-state index is 0.375. The van der Waals surface area contributed by atoms with Crippen molar-refractivity contribution in [3.05, 3.63) is 59.2 Å². The highest BCUT2D eigenvalue weighted by Crippen LogP contribution is 2.20. The molecule has 0 unspecified atom stereocenters. The summed E-state index contributed by atoms with van der Waals surface area (Å²) in [7, 11) is 0. The van der Waals surface area contributed by atoms with E-state index in [2.05, 4.69) is 11.4 Å². The van der Waals surface area contributed by atoms with Gasteiger partial charge in [-0.05, 0) is 35.9 Å². The molecule has 0 fully saturated rings. The number of nitriles is 1. The van der Waals surface area contributed by atoms with Crippen LogP contribution in [0, 0.1) is 11.3 Å². The van der Waals surface area contributed by atoms with E-state index >= 15 is 0 Å². The van der Waals surface area contributed by atoms with Crippen molar-refractivity contribution in [3.8, 4) is 6.07 Å². The van der Waals surface area contributed by atoms with Crippen molar-refractivity contribution in [1.82, 2.24) is 0 Å². The van der Waals surface area contributed by atoms with Crippen molar-refractivity contribution in [2.24, 2.45) is 5.73 Å². The Bertz CT molecular complexity index is 689. The lowest BCUT2D eigenvalue weighted by molar-refractivity contribution is 0.100. The van der Waals surface area contributed by atoms with Gasteiger partial charge in [0.15, 0.2) is 0 Å². The number of nitrogens with zero attached hydrogens (tertiary/aromatic N) is 1. The Balaban J connectivity index is 2.11. The fraction of sp³-hybridized carbons (Fsp3) is 0.0667. The SMILES string of the molecule is N#Cc1cccc(CNc2ccc(C(N)=O)cc2N)c1. The van der Waals surface area contributed by atoms with Crippen LogP contribution in [-0.4, -0.2) is 5.91 Å². The molecule has 2 aromatic carbocycles. The van der Waals surface area contributed by atoms with Gasteiger partial charge in [0.25, 0.3) is 0 Å². The van der Waals surface area contributed by atoms with E-state index in [1.165, 1.54) is 6.07 Å². The quantitative estimate of drug-likeness (QED) is 0.734. The van der Waals surface area contributed by atoms with E-state index in [4.69, 9.17) is 16.7 Å². The number of benzene rings is 2. The molecule has 0 bridgehead atoms. The molecule has 0 aliphatic rings. The molecule has 0 spiro atoms.